The van der Waals surface area contributed by atoms with Crippen molar-refractivity contribution < 1.29 is 0 Å². The van der Waals surface area contributed by atoms with E-state index in [2.05, 4.69) is 56.2 Å². The first-order valence-corrected chi connectivity index (χ1v) is 5.69. The average Bonchev–Trinajstić information content (AvgIpc) is 2.50. The zero-order chi connectivity index (χ0) is 12.2. The van der Waals surface area contributed by atoms with Gasteiger partial charge in [-0.3, -0.25) is 0 Å². The van der Waals surface area contributed by atoms with Gasteiger partial charge in [0.15, 0.2) is 0 Å². The fourth-order valence-electron chi connectivity index (χ4n) is 1.69. The minimum Gasteiger partial charge on any atom is -0.384 e. The summed E-state index contributed by atoms with van der Waals surface area (Å²) in [6.45, 7) is 10.6. The Bertz CT molecular complexity index is 389. The largest absolute Gasteiger partial charge is 0.384 e. The van der Waals surface area contributed by atoms with Gasteiger partial charge in [-0.2, -0.15) is 0 Å². The first kappa shape index (κ1) is 12.6. The van der Waals surface area contributed by atoms with Crippen molar-refractivity contribution in [1.29, 1.82) is 0 Å². The summed E-state index contributed by atoms with van der Waals surface area (Å²) in [5, 5.41) is 3.45. The van der Waals surface area contributed by atoms with Crippen LogP contribution in [0, 0.1) is 0 Å². The van der Waals surface area contributed by atoms with Gasteiger partial charge in [-0.1, -0.05) is 6.08 Å². The van der Waals surface area contributed by atoms with Gasteiger partial charge in [0, 0.05) is 28.7 Å². The van der Waals surface area contributed by atoms with Crippen molar-refractivity contribution in [2.75, 3.05) is 0 Å². The van der Waals surface area contributed by atoms with Crippen LogP contribution in [0.3, 0.4) is 0 Å². The van der Waals surface area contributed by atoms with Crippen molar-refractivity contribution in [3.05, 3.63) is 35.3 Å². The standard InChI is InChI=1S/C14H22N2/c1-6-7-13-12(8-9-15-13)10-11(2)16-14(3,4)5/h6-10,15-16H,1-5H3/b7-6-,11-10+. The summed E-state index contributed by atoms with van der Waals surface area (Å²) in [5.41, 5.74) is 3.65. The van der Waals surface area contributed by atoms with Crippen molar-refractivity contribution >= 4 is 12.2 Å². The monoisotopic (exact) mass is 218 g/mol. The quantitative estimate of drug-likeness (QED) is 0.793. The fourth-order valence-corrected chi connectivity index (χ4v) is 1.69. The van der Waals surface area contributed by atoms with Crippen LogP contribution in [0.5, 0.6) is 0 Å². The average molecular weight is 218 g/mol. The van der Waals surface area contributed by atoms with Crippen LogP contribution in [0.2, 0.25) is 0 Å². The second-order valence-electron chi connectivity index (χ2n) is 5.05. The Morgan fingerprint density at radius 2 is 2.06 bits per heavy atom. The van der Waals surface area contributed by atoms with E-state index in [1.807, 2.05) is 19.2 Å². The molecule has 0 spiro atoms. The summed E-state index contributed by atoms with van der Waals surface area (Å²) >= 11 is 0. The molecule has 2 heteroatoms. The Morgan fingerprint density at radius 1 is 1.38 bits per heavy atom. The Balaban J connectivity index is 2.85. The Labute approximate surface area is 98.5 Å². The number of hydrogen-bond acceptors (Lipinski definition) is 1. The molecule has 0 aromatic carbocycles. The first-order chi connectivity index (χ1) is 7.42. The summed E-state index contributed by atoms with van der Waals surface area (Å²) in [4.78, 5) is 3.22. The van der Waals surface area contributed by atoms with Crippen LogP contribution < -0.4 is 5.32 Å². The van der Waals surface area contributed by atoms with Gasteiger partial charge >= 0.3 is 0 Å². The van der Waals surface area contributed by atoms with E-state index in [1.54, 1.807) is 0 Å². The number of aromatic amines is 1. The van der Waals surface area contributed by atoms with E-state index in [0.717, 1.165) is 5.69 Å². The Kier molecular flexibility index (Phi) is 3.99. The molecule has 0 fully saturated rings. The van der Waals surface area contributed by atoms with E-state index in [4.69, 9.17) is 0 Å². The molecule has 0 aliphatic rings. The molecule has 1 rings (SSSR count). The Morgan fingerprint density at radius 3 is 2.62 bits per heavy atom. The molecule has 0 saturated carbocycles. The number of aromatic nitrogens is 1. The SMILES string of the molecule is C/C=C\c1[nH]ccc1/C=C(\C)NC(C)(C)C. The van der Waals surface area contributed by atoms with Gasteiger partial charge in [0.05, 0.1) is 0 Å². The highest BCUT2D eigenvalue weighted by molar-refractivity contribution is 5.63. The molecular weight excluding hydrogens is 196 g/mol. The van der Waals surface area contributed by atoms with Crippen LogP contribution in [0.25, 0.3) is 12.2 Å². The molecule has 2 nitrogen and oxygen atoms in total. The molecule has 1 aromatic heterocycles. The molecule has 1 heterocycles. The Hall–Kier alpha value is -1.44. The van der Waals surface area contributed by atoms with E-state index >= 15 is 0 Å². The lowest BCUT2D eigenvalue weighted by Gasteiger charge is -2.22. The highest BCUT2D eigenvalue weighted by Gasteiger charge is 2.08. The summed E-state index contributed by atoms with van der Waals surface area (Å²) in [6, 6.07) is 2.09. The van der Waals surface area contributed by atoms with Crippen LogP contribution in [-0.4, -0.2) is 10.5 Å². The van der Waals surface area contributed by atoms with Gasteiger partial charge in [0.25, 0.3) is 0 Å². The molecule has 0 aliphatic carbocycles. The zero-order valence-corrected chi connectivity index (χ0v) is 10.9. The van der Waals surface area contributed by atoms with Crippen LogP contribution in [-0.2, 0) is 0 Å². The van der Waals surface area contributed by atoms with E-state index in [-0.39, 0.29) is 5.54 Å². The third kappa shape index (κ3) is 3.97. The highest BCUT2D eigenvalue weighted by Crippen LogP contribution is 2.14. The topological polar surface area (TPSA) is 27.8 Å². The van der Waals surface area contributed by atoms with Gasteiger partial charge < -0.3 is 10.3 Å². The molecule has 88 valence electrons. The van der Waals surface area contributed by atoms with Crippen LogP contribution in [0.4, 0.5) is 0 Å². The van der Waals surface area contributed by atoms with Crippen molar-refractivity contribution in [3.63, 3.8) is 0 Å². The highest BCUT2D eigenvalue weighted by atomic mass is 14.9. The van der Waals surface area contributed by atoms with E-state index < -0.39 is 0 Å². The van der Waals surface area contributed by atoms with E-state index in [1.165, 1.54) is 11.3 Å². The molecular formula is C14H22N2. The van der Waals surface area contributed by atoms with Gasteiger partial charge in [0.1, 0.15) is 0 Å². The van der Waals surface area contributed by atoms with Gasteiger partial charge in [0.2, 0.25) is 0 Å². The maximum atomic E-state index is 3.45. The van der Waals surface area contributed by atoms with Gasteiger partial charge in [-0.05, 0) is 52.8 Å². The smallest absolute Gasteiger partial charge is 0.0451 e. The maximum Gasteiger partial charge on any atom is 0.0451 e. The van der Waals surface area contributed by atoms with Crippen molar-refractivity contribution in [2.24, 2.45) is 0 Å². The molecule has 0 radical (unpaired) electrons. The predicted octanol–water partition coefficient (Wildman–Crippen LogP) is 3.80. The molecule has 0 aliphatic heterocycles. The third-order valence-electron chi connectivity index (χ3n) is 2.09. The molecule has 0 amide bonds. The number of H-pyrrole nitrogens is 1. The molecule has 16 heavy (non-hydrogen) atoms. The number of rotatable bonds is 3. The van der Waals surface area contributed by atoms with Crippen molar-refractivity contribution in [3.8, 4) is 0 Å². The summed E-state index contributed by atoms with van der Waals surface area (Å²) < 4.78 is 0. The minimum atomic E-state index is 0.109. The predicted molar refractivity (Wildman–Crippen MR) is 72.0 cm³/mol. The van der Waals surface area contributed by atoms with Crippen LogP contribution in [0.15, 0.2) is 24.0 Å². The zero-order valence-electron chi connectivity index (χ0n) is 10.9. The lowest BCUT2D eigenvalue weighted by molar-refractivity contribution is 0.475. The number of allylic oxidation sites excluding steroid dienone is 2. The van der Waals surface area contributed by atoms with Crippen molar-refractivity contribution in [2.45, 2.75) is 40.2 Å². The molecule has 0 atom stereocenters. The maximum absolute atomic E-state index is 3.45. The second-order valence-corrected chi connectivity index (χ2v) is 5.05. The molecule has 0 saturated heterocycles. The van der Waals surface area contributed by atoms with Crippen molar-refractivity contribution in [1.82, 2.24) is 10.3 Å². The lowest BCUT2D eigenvalue weighted by Crippen LogP contribution is -2.34. The van der Waals surface area contributed by atoms with Gasteiger partial charge in [-0.25, -0.2) is 0 Å². The molecule has 0 unspecified atom stereocenters. The number of hydrogen-bond donors (Lipinski definition) is 2. The van der Waals surface area contributed by atoms with Gasteiger partial charge in [-0.15, -0.1) is 0 Å². The normalized spacial score (nSPS) is 13.4. The summed E-state index contributed by atoms with van der Waals surface area (Å²) in [7, 11) is 0. The van der Waals surface area contributed by atoms with E-state index in [9.17, 15) is 0 Å². The second kappa shape index (κ2) is 5.06. The summed E-state index contributed by atoms with van der Waals surface area (Å²) in [5.74, 6) is 0. The van der Waals surface area contributed by atoms with E-state index in [0.29, 0.717) is 0 Å². The first-order valence-electron chi connectivity index (χ1n) is 5.69. The third-order valence-corrected chi connectivity index (χ3v) is 2.09. The van der Waals surface area contributed by atoms with Crippen LogP contribution in [0.1, 0.15) is 45.9 Å². The molecule has 2 N–H and O–H groups in total. The number of nitrogens with one attached hydrogen (secondary N) is 2. The van der Waals surface area contributed by atoms with Crippen LogP contribution >= 0.6 is 0 Å². The minimum absolute atomic E-state index is 0.109. The fraction of sp³-hybridized carbons (Fsp3) is 0.429. The lowest BCUT2D eigenvalue weighted by atomic mass is 10.1. The summed E-state index contributed by atoms with van der Waals surface area (Å²) in [6.07, 6.45) is 8.24. The molecule has 0 bridgehead atoms. The molecule has 1 aromatic rings.